The first-order chi connectivity index (χ1) is 12.2. The van der Waals surface area contributed by atoms with E-state index in [2.05, 4.69) is 36.4 Å². The lowest BCUT2D eigenvalue weighted by Crippen LogP contribution is -2.04. The largest absolute Gasteiger partial charge is 0.457 e. The van der Waals surface area contributed by atoms with Crippen molar-refractivity contribution in [3.05, 3.63) is 70.5 Å². The molecule has 0 spiro atoms. The number of rotatable bonds is 4. The van der Waals surface area contributed by atoms with Gasteiger partial charge in [0.2, 0.25) is 0 Å². The van der Waals surface area contributed by atoms with Crippen molar-refractivity contribution in [2.45, 2.75) is 6.61 Å². The number of carbonyl (C=O) groups is 1. The molecule has 0 aliphatic heterocycles. The first-order valence-electron chi connectivity index (χ1n) is 7.46. The number of hydrogen-bond acceptors (Lipinski definition) is 5. The van der Waals surface area contributed by atoms with Gasteiger partial charge in [-0.25, -0.2) is 9.48 Å². The van der Waals surface area contributed by atoms with E-state index in [0.29, 0.717) is 5.56 Å². The van der Waals surface area contributed by atoms with Gasteiger partial charge >= 0.3 is 5.97 Å². The highest BCUT2D eigenvalue weighted by molar-refractivity contribution is 9.10. The van der Waals surface area contributed by atoms with E-state index in [4.69, 9.17) is 4.74 Å². The van der Waals surface area contributed by atoms with Crippen molar-refractivity contribution in [1.29, 1.82) is 0 Å². The van der Waals surface area contributed by atoms with E-state index in [1.165, 1.54) is 6.20 Å². The molecule has 4 aromatic rings. The Kier molecular flexibility index (Phi) is 4.02. The van der Waals surface area contributed by atoms with Crippen molar-refractivity contribution in [3.8, 4) is 5.69 Å². The number of halogens is 1. The minimum atomic E-state index is -0.429. The van der Waals surface area contributed by atoms with E-state index in [1.807, 2.05) is 42.5 Å². The van der Waals surface area contributed by atoms with E-state index in [0.717, 1.165) is 26.8 Å². The Hall–Kier alpha value is -3.00. The van der Waals surface area contributed by atoms with Gasteiger partial charge in [-0.1, -0.05) is 28.1 Å². The maximum absolute atomic E-state index is 12.2. The van der Waals surface area contributed by atoms with Crippen LogP contribution in [0.15, 0.2) is 59.3 Å². The number of aromatic nitrogens is 5. The molecule has 0 amide bonds. The molecule has 4 rings (SSSR count). The minimum absolute atomic E-state index is 0.156. The maximum atomic E-state index is 12.2. The van der Waals surface area contributed by atoms with E-state index >= 15 is 0 Å². The van der Waals surface area contributed by atoms with Crippen LogP contribution in [0.2, 0.25) is 0 Å². The lowest BCUT2D eigenvalue weighted by molar-refractivity contribution is 0.0473. The van der Waals surface area contributed by atoms with E-state index in [9.17, 15) is 4.79 Å². The van der Waals surface area contributed by atoms with Crippen LogP contribution in [0.25, 0.3) is 16.7 Å². The van der Waals surface area contributed by atoms with Crippen molar-refractivity contribution in [1.82, 2.24) is 25.2 Å². The zero-order valence-corrected chi connectivity index (χ0v) is 14.5. The van der Waals surface area contributed by atoms with Gasteiger partial charge < -0.3 is 4.74 Å². The van der Waals surface area contributed by atoms with Gasteiger partial charge in [-0.05, 0) is 35.9 Å². The highest BCUT2D eigenvalue weighted by Gasteiger charge is 2.12. The standard InChI is InChI=1S/C17H12BrN5O2/c18-13-2-1-3-14(7-13)23-9-12(8-19-23)17(24)25-10-11-4-5-15-16(6-11)21-22-20-15/h1-9H,10H2,(H,20,21,22). The Labute approximate surface area is 150 Å². The van der Waals surface area contributed by atoms with Crippen molar-refractivity contribution >= 4 is 32.9 Å². The van der Waals surface area contributed by atoms with Crippen LogP contribution in [0.5, 0.6) is 0 Å². The number of hydrogen-bond donors (Lipinski definition) is 1. The van der Waals surface area contributed by atoms with Crippen LogP contribution >= 0.6 is 15.9 Å². The monoisotopic (exact) mass is 397 g/mol. The van der Waals surface area contributed by atoms with Crippen molar-refractivity contribution in [2.24, 2.45) is 0 Å². The van der Waals surface area contributed by atoms with Crippen LogP contribution in [0, 0.1) is 0 Å². The molecule has 2 aromatic heterocycles. The Balaban J connectivity index is 1.46. The predicted molar refractivity (Wildman–Crippen MR) is 94.3 cm³/mol. The number of fused-ring (bicyclic) bond motifs is 1. The molecule has 1 N–H and O–H groups in total. The Morgan fingerprint density at radius 2 is 2.04 bits per heavy atom. The fraction of sp³-hybridized carbons (Fsp3) is 0.0588. The fourth-order valence-electron chi connectivity index (χ4n) is 2.40. The second kappa shape index (κ2) is 6.48. The molecule has 0 aliphatic carbocycles. The Morgan fingerprint density at radius 1 is 1.16 bits per heavy atom. The summed E-state index contributed by atoms with van der Waals surface area (Å²) in [4.78, 5) is 12.2. The molecule has 2 aromatic carbocycles. The average Bonchev–Trinajstić information content (AvgIpc) is 3.28. The van der Waals surface area contributed by atoms with Gasteiger partial charge in [0.15, 0.2) is 0 Å². The molecule has 124 valence electrons. The van der Waals surface area contributed by atoms with Gasteiger partial charge in [-0.2, -0.15) is 20.5 Å². The summed E-state index contributed by atoms with van der Waals surface area (Å²) in [5.74, 6) is -0.429. The number of H-pyrrole nitrogens is 1. The number of nitrogens with one attached hydrogen (secondary N) is 1. The number of carbonyl (C=O) groups excluding carboxylic acids is 1. The van der Waals surface area contributed by atoms with Crippen LogP contribution < -0.4 is 0 Å². The van der Waals surface area contributed by atoms with Gasteiger partial charge in [0.05, 0.1) is 17.4 Å². The molecule has 0 saturated heterocycles. The summed E-state index contributed by atoms with van der Waals surface area (Å²) in [6, 6.07) is 13.1. The second-order valence-electron chi connectivity index (χ2n) is 5.38. The van der Waals surface area contributed by atoms with Gasteiger partial charge in [0.25, 0.3) is 0 Å². The van der Waals surface area contributed by atoms with Crippen LogP contribution in [0.1, 0.15) is 15.9 Å². The number of ether oxygens (including phenoxy) is 1. The summed E-state index contributed by atoms with van der Waals surface area (Å²) in [6.07, 6.45) is 3.13. The fourth-order valence-corrected chi connectivity index (χ4v) is 2.78. The highest BCUT2D eigenvalue weighted by Crippen LogP contribution is 2.16. The van der Waals surface area contributed by atoms with E-state index < -0.39 is 5.97 Å². The molecule has 25 heavy (non-hydrogen) atoms. The summed E-state index contributed by atoms with van der Waals surface area (Å²) in [6.45, 7) is 0.156. The lowest BCUT2D eigenvalue weighted by Gasteiger charge is -2.03. The third kappa shape index (κ3) is 3.29. The molecular weight excluding hydrogens is 386 g/mol. The SMILES string of the molecule is O=C(OCc1ccc2n[nH]nc2c1)c1cnn(-c2cccc(Br)c2)c1. The lowest BCUT2D eigenvalue weighted by atomic mass is 10.2. The highest BCUT2D eigenvalue weighted by atomic mass is 79.9. The van der Waals surface area contributed by atoms with Crippen LogP contribution in [-0.2, 0) is 11.3 Å². The molecule has 8 heteroatoms. The van der Waals surface area contributed by atoms with Crippen molar-refractivity contribution in [3.63, 3.8) is 0 Å². The quantitative estimate of drug-likeness (QED) is 0.534. The summed E-state index contributed by atoms with van der Waals surface area (Å²) in [5.41, 5.74) is 3.59. The molecule has 0 radical (unpaired) electrons. The number of aromatic amines is 1. The van der Waals surface area contributed by atoms with Gasteiger partial charge in [-0.15, -0.1) is 0 Å². The molecule has 7 nitrogen and oxygen atoms in total. The summed E-state index contributed by atoms with van der Waals surface area (Å²) in [5, 5.41) is 14.8. The minimum Gasteiger partial charge on any atom is -0.457 e. The molecular formula is C17H12BrN5O2. The first kappa shape index (κ1) is 15.5. The molecule has 0 atom stereocenters. The van der Waals surface area contributed by atoms with Gasteiger partial charge in [0.1, 0.15) is 17.6 Å². The molecule has 0 aliphatic rings. The third-order valence-corrected chi connectivity index (χ3v) is 4.13. The molecule has 0 fully saturated rings. The van der Waals surface area contributed by atoms with Crippen molar-refractivity contribution in [2.75, 3.05) is 0 Å². The van der Waals surface area contributed by atoms with E-state index in [-0.39, 0.29) is 6.61 Å². The van der Waals surface area contributed by atoms with Gasteiger partial charge in [-0.3, -0.25) is 0 Å². The van der Waals surface area contributed by atoms with Gasteiger partial charge in [0, 0.05) is 10.7 Å². The number of esters is 1. The van der Waals surface area contributed by atoms with E-state index in [1.54, 1.807) is 10.9 Å². The van der Waals surface area contributed by atoms with Crippen LogP contribution in [0.3, 0.4) is 0 Å². The second-order valence-corrected chi connectivity index (χ2v) is 6.29. The zero-order valence-electron chi connectivity index (χ0n) is 12.9. The van der Waals surface area contributed by atoms with Crippen LogP contribution in [0.4, 0.5) is 0 Å². The number of nitrogens with zero attached hydrogens (tertiary/aromatic N) is 4. The smallest absolute Gasteiger partial charge is 0.341 e. The third-order valence-electron chi connectivity index (χ3n) is 3.64. The summed E-state index contributed by atoms with van der Waals surface area (Å²) >= 11 is 3.42. The molecule has 2 heterocycles. The normalized spacial score (nSPS) is 10.9. The Morgan fingerprint density at radius 3 is 2.92 bits per heavy atom. The first-order valence-corrected chi connectivity index (χ1v) is 8.25. The molecule has 0 saturated carbocycles. The molecule has 0 unspecified atom stereocenters. The molecule has 0 bridgehead atoms. The predicted octanol–water partition coefficient (Wildman–Crippen LogP) is 3.26. The van der Waals surface area contributed by atoms with Crippen LogP contribution in [-0.4, -0.2) is 31.2 Å². The summed E-state index contributed by atoms with van der Waals surface area (Å²) in [7, 11) is 0. The van der Waals surface area contributed by atoms with Crippen molar-refractivity contribution < 1.29 is 9.53 Å². The Bertz CT molecular complexity index is 1060. The topological polar surface area (TPSA) is 85.7 Å². The zero-order chi connectivity index (χ0) is 17.2. The maximum Gasteiger partial charge on any atom is 0.341 e. The average molecular weight is 398 g/mol. The summed E-state index contributed by atoms with van der Waals surface area (Å²) < 4.78 is 7.92. The number of benzene rings is 2.